The smallest absolute Gasteiger partial charge is 0.0620 e. The van der Waals surface area contributed by atoms with Crippen LogP contribution < -0.4 is 0 Å². The largest absolute Gasteiger partial charge is 0.308 e. The number of aromatic nitrogens is 2. The molecule has 0 bridgehead atoms. The molecular formula is C34H24N2. The minimum atomic E-state index is -0.125. The summed E-state index contributed by atoms with van der Waals surface area (Å²) in [6.45, 7) is 4.66. The van der Waals surface area contributed by atoms with Gasteiger partial charge in [-0.1, -0.05) is 86.6 Å². The molecule has 0 spiro atoms. The molecule has 2 aromatic heterocycles. The molecule has 0 atom stereocenters. The van der Waals surface area contributed by atoms with Crippen molar-refractivity contribution in [3.8, 4) is 16.8 Å². The van der Waals surface area contributed by atoms with Gasteiger partial charge < -0.3 is 4.57 Å². The normalized spacial score (nSPS) is 14.1. The molecule has 170 valence electrons. The van der Waals surface area contributed by atoms with Gasteiger partial charge in [-0.3, -0.25) is 4.98 Å². The van der Waals surface area contributed by atoms with Crippen molar-refractivity contribution in [2.24, 2.45) is 0 Å². The lowest BCUT2D eigenvalue weighted by Crippen LogP contribution is -2.23. The maximum absolute atomic E-state index is 4.51. The molecule has 0 amide bonds. The van der Waals surface area contributed by atoms with E-state index in [1.54, 1.807) is 0 Å². The summed E-state index contributed by atoms with van der Waals surface area (Å²) < 4.78 is 2.49. The van der Waals surface area contributed by atoms with Crippen molar-refractivity contribution in [3.63, 3.8) is 0 Å². The summed E-state index contributed by atoms with van der Waals surface area (Å²) in [6.07, 6.45) is 3.99. The van der Waals surface area contributed by atoms with Gasteiger partial charge in [0.15, 0.2) is 0 Å². The Morgan fingerprint density at radius 3 is 2.31 bits per heavy atom. The molecule has 2 heterocycles. The maximum atomic E-state index is 4.51. The van der Waals surface area contributed by atoms with E-state index in [-0.39, 0.29) is 5.41 Å². The molecule has 0 radical (unpaired) electrons. The standard InChI is InChI=1S/C34H24N2/c1-34(2)28-14-8-13-25-32(28)26(23-17-18-35-20-29(23)34)19-27-24-12-5-6-15-31(24)36(33(25)27)30-16-7-10-21-9-3-4-11-22(21)30/h3-20H,1-2H3. The number of hydrogen-bond acceptors (Lipinski definition) is 1. The van der Waals surface area contributed by atoms with Crippen LogP contribution in [0.3, 0.4) is 0 Å². The van der Waals surface area contributed by atoms with Crippen LogP contribution in [0.1, 0.15) is 25.0 Å². The molecule has 0 saturated heterocycles. The van der Waals surface area contributed by atoms with Crippen LogP contribution in [0.15, 0.2) is 109 Å². The van der Waals surface area contributed by atoms with Gasteiger partial charge in [-0.15, -0.1) is 0 Å². The van der Waals surface area contributed by atoms with Crippen molar-refractivity contribution in [2.75, 3.05) is 0 Å². The first-order chi connectivity index (χ1) is 17.6. The van der Waals surface area contributed by atoms with Gasteiger partial charge in [-0.25, -0.2) is 0 Å². The average molecular weight is 461 g/mol. The molecular weight excluding hydrogens is 436 g/mol. The van der Waals surface area contributed by atoms with E-state index in [4.69, 9.17) is 0 Å². The lowest BCUT2D eigenvalue weighted by Gasteiger charge is -2.34. The summed E-state index contributed by atoms with van der Waals surface area (Å²) in [4.78, 5) is 4.51. The first-order valence-electron chi connectivity index (χ1n) is 12.6. The highest BCUT2D eigenvalue weighted by Crippen LogP contribution is 2.51. The van der Waals surface area contributed by atoms with E-state index in [1.165, 1.54) is 71.3 Å². The van der Waals surface area contributed by atoms with Gasteiger partial charge in [-0.05, 0) is 57.3 Å². The van der Waals surface area contributed by atoms with Crippen LogP contribution >= 0.6 is 0 Å². The molecule has 5 aromatic carbocycles. The van der Waals surface area contributed by atoms with E-state index < -0.39 is 0 Å². The molecule has 2 heteroatoms. The van der Waals surface area contributed by atoms with Crippen molar-refractivity contribution in [1.82, 2.24) is 9.55 Å². The molecule has 1 aliphatic rings. The Labute approximate surface area is 209 Å². The number of hydrogen-bond donors (Lipinski definition) is 0. The van der Waals surface area contributed by atoms with Gasteiger partial charge in [0.25, 0.3) is 0 Å². The number of fused-ring (bicyclic) bond motifs is 7. The Morgan fingerprint density at radius 1 is 0.639 bits per heavy atom. The molecule has 0 aliphatic heterocycles. The van der Waals surface area contributed by atoms with E-state index >= 15 is 0 Å². The topological polar surface area (TPSA) is 17.8 Å². The van der Waals surface area contributed by atoms with Gasteiger partial charge in [0.2, 0.25) is 0 Å². The minimum Gasteiger partial charge on any atom is -0.308 e. The summed E-state index contributed by atoms with van der Waals surface area (Å²) in [7, 11) is 0. The summed E-state index contributed by atoms with van der Waals surface area (Å²) in [6, 6.07) is 35.6. The van der Waals surface area contributed by atoms with Crippen LogP contribution in [0.5, 0.6) is 0 Å². The monoisotopic (exact) mass is 460 g/mol. The SMILES string of the molecule is CC1(C)c2cnccc2-c2cc3c4ccccc4n(-c4cccc5ccccc45)c3c3cccc1c23. The lowest BCUT2D eigenvalue weighted by atomic mass is 9.69. The second-order valence-electron chi connectivity index (χ2n) is 10.4. The van der Waals surface area contributed by atoms with Crippen LogP contribution in [0, 0.1) is 0 Å². The molecule has 1 aliphatic carbocycles. The van der Waals surface area contributed by atoms with Crippen molar-refractivity contribution < 1.29 is 0 Å². The lowest BCUT2D eigenvalue weighted by molar-refractivity contribution is 0.642. The van der Waals surface area contributed by atoms with Crippen molar-refractivity contribution in [1.29, 1.82) is 0 Å². The van der Waals surface area contributed by atoms with E-state index in [1.807, 2.05) is 6.20 Å². The molecule has 0 saturated carbocycles. The number of rotatable bonds is 1. The second-order valence-corrected chi connectivity index (χ2v) is 10.4. The van der Waals surface area contributed by atoms with Crippen molar-refractivity contribution in [2.45, 2.75) is 19.3 Å². The molecule has 36 heavy (non-hydrogen) atoms. The predicted octanol–water partition coefficient (Wildman–Crippen LogP) is 8.79. The summed E-state index contributed by atoms with van der Waals surface area (Å²) in [5.41, 5.74) is 8.88. The average Bonchev–Trinajstić information content (AvgIpc) is 3.26. The Morgan fingerprint density at radius 2 is 1.39 bits per heavy atom. The zero-order valence-electron chi connectivity index (χ0n) is 20.3. The van der Waals surface area contributed by atoms with E-state index in [0.29, 0.717) is 0 Å². The van der Waals surface area contributed by atoms with Crippen molar-refractivity contribution >= 4 is 43.4 Å². The Kier molecular flexibility index (Phi) is 3.76. The van der Waals surface area contributed by atoms with Gasteiger partial charge in [0.05, 0.1) is 16.7 Å². The van der Waals surface area contributed by atoms with Crippen LogP contribution in [-0.4, -0.2) is 9.55 Å². The molecule has 0 N–H and O–H groups in total. The van der Waals surface area contributed by atoms with Gasteiger partial charge in [-0.2, -0.15) is 0 Å². The van der Waals surface area contributed by atoms with E-state index in [9.17, 15) is 0 Å². The van der Waals surface area contributed by atoms with Crippen LogP contribution in [0.25, 0.3) is 60.2 Å². The zero-order valence-corrected chi connectivity index (χ0v) is 20.3. The van der Waals surface area contributed by atoms with Crippen LogP contribution in [-0.2, 0) is 5.41 Å². The minimum absolute atomic E-state index is 0.125. The van der Waals surface area contributed by atoms with Crippen molar-refractivity contribution in [3.05, 3.63) is 121 Å². The zero-order chi connectivity index (χ0) is 24.0. The maximum Gasteiger partial charge on any atom is 0.0620 e. The third kappa shape index (κ3) is 2.39. The van der Waals surface area contributed by atoms with E-state index in [2.05, 4.69) is 127 Å². The molecule has 8 rings (SSSR count). The number of benzene rings is 5. The fourth-order valence-electron chi connectivity index (χ4n) is 6.59. The Balaban J connectivity index is 1.65. The fraction of sp³-hybridized carbons (Fsp3) is 0.0882. The highest BCUT2D eigenvalue weighted by molar-refractivity contribution is 6.24. The third-order valence-electron chi connectivity index (χ3n) is 8.26. The first-order valence-corrected chi connectivity index (χ1v) is 12.6. The predicted molar refractivity (Wildman–Crippen MR) is 151 cm³/mol. The summed E-state index contributed by atoms with van der Waals surface area (Å²) >= 11 is 0. The van der Waals surface area contributed by atoms with E-state index in [0.717, 1.165) is 0 Å². The fourth-order valence-corrected chi connectivity index (χ4v) is 6.59. The number of nitrogens with zero attached hydrogens (tertiary/aromatic N) is 2. The first kappa shape index (κ1) is 19.8. The summed E-state index contributed by atoms with van der Waals surface area (Å²) in [5, 5.41) is 7.76. The number of para-hydroxylation sites is 1. The molecule has 2 nitrogen and oxygen atoms in total. The molecule has 0 unspecified atom stereocenters. The highest BCUT2D eigenvalue weighted by Gasteiger charge is 2.34. The van der Waals surface area contributed by atoms with Gasteiger partial charge >= 0.3 is 0 Å². The quantitative estimate of drug-likeness (QED) is 0.239. The molecule has 7 aromatic rings. The van der Waals surface area contributed by atoms with Gasteiger partial charge in [0.1, 0.15) is 0 Å². The van der Waals surface area contributed by atoms with Crippen LogP contribution in [0.4, 0.5) is 0 Å². The van der Waals surface area contributed by atoms with Gasteiger partial charge in [0, 0.05) is 39.4 Å². The Bertz CT molecular complexity index is 2020. The highest BCUT2D eigenvalue weighted by atomic mass is 15.0. The summed E-state index contributed by atoms with van der Waals surface area (Å²) in [5.74, 6) is 0. The molecule has 0 fully saturated rings. The van der Waals surface area contributed by atoms with Crippen LogP contribution in [0.2, 0.25) is 0 Å². The third-order valence-corrected chi connectivity index (χ3v) is 8.26. The Hall–Kier alpha value is -4.43. The number of pyridine rings is 1. The second kappa shape index (κ2) is 6.83.